The van der Waals surface area contributed by atoms with Gasteiger partial charge in [-0.2, -0.15) is 13.2 Å². The van der Waals surface area contributed by atoms with Crippen LogP contribution in [-0.2, 0) is 12.6 Å². The average molecular weight is 217 g/mol. The van der Waals surface area contributed by atoms with Crippen molar-refractivity contribution >= 4 is 0 Å². The Hall–Kier alpha value is -1.10. The Bertz CT molecular complexity index is 375. The number of aliphatic hydroxyl groups is 1. The monoisotopic (exact) mass is 217 g/mol. The van der Waals surface area contributed by atoms with Crippen molar-refractivity contribution in [3.8, 4) is 0 Å². The van der Waals surface area contributed by atoms with E-state index in [1.807, 2.05) is 0 Å². The van der Waals surface area contributed by atoms with Gasteiger partial charge in [-0.15, -0.1) is 0 Å². The van der Waals surface area contributed by atoms with Crippen molar-refractivity contribution in [2.45, 2.75) is 31.5 Å². The lowest BCUT2D eigenvalue weighted by molar-refractivity contribution is -0.141. The number of aliphatic hydroxyl groups excluding tert-OH is 1. The van der Waals surface area contributed by atoms with Gasteiger partial charge in [0.15, 0.2) is 0 Å². The number of hydrogen-bond donors (Lipinski definition) is 1. The highest BCUT2D eigenvalue weighted by Crippen LogP contribution is 2.33. The Morgan fingerprint density at radius 1 is 1.33 bits per heavy atom. The maximum Gasteiger partial charge on any atom is 0.433 e. The highest BCUT2D eigenvalue weighted by atomic mass is 19.4. The number of hydrogen-bond acceptors (Lipinski definition) is 2. The summed E-state index contributed by atoms with van der Waals surface area (Å²) in [4.78, 5) is 3.55. The van der Waals surface area contributed by atoms with Gasteiger partial charge in [0.1, 0.15) is 5.69 Å². The Balaban J connectivity index is 2.42. The van der Waals surface area contributed by atoms with E-state index in [1.54, 1.807) is 0 Å². The zero-order valence-electron chi connectivity index (χ0n) is 7.88. The Kier molecular flexibility index (Phi) is 2.42. The van der Waals surface area contributed by atoms with E-state index < -0.39 is 18.0 Å². The molecule has 2 rings (SSSR count). The quantitative estimate of drug-likeness (QED) is 0.724. The molecular formula is C10H10F3NO. The Morgan fingerprint density at radius 2 is 2.07 bits per heavy atom. The molecule has 0 radical (unpaired) electrons. The lowest BCUT2D eigenvalue weighted by atomic mass is 9.93. The molecule has 1 aromatic heterocycles. The highest BCUT2D eigenvalue weighted by Gasteiger charge is 2.33. The minimum atomic E-state index is -4.41. The van der Waals surface area contributed by atoms with Crippen molar-refractivity contribution in [2.75, 3.05) is 0 Å². The van der Waals surface area contributed by atoms with Crippen LogP contribution in [0.3, 0.4) is 0 Å². The summed E-state index contributed by atoms with van der Waals surface area (Å²) in [5.41, 5.74) is 0.0353. The first-order valence-electron chi connectivity index (χ1n) is 4.73. The van der Waals surface area contributed by atoms with Gasteiger partial charge >= 0.3 is 6.18 Å². The molecule has 1 aliphatic rings. The first-order valence-corrected chi connectivity index (χ1v) is 4.73. The summed E-state index contributed by atoms with van der Waals surface area (Å²) in [5, 5.41) is 9.53. The summed E-state index contributed by atoms with van der Waals surface area (Å²) in [6.45, 7) is 0. The first kappa shape index (κ1) is 10.4. The average Bonchev–Trinajstić information content (AvgIpc) is 2.16. The van der Waals surface area contributed by atoms with Crippen LogP contribution in [-0.4, -0.2) is 10.1 Å². The molecule has 0 saturated carbocycles. The molecule has 1 heterocycles. The zero-order chi connectivity index (χ0) is 11.1. The van der Waals surface area contributed by atoms with Crippen LogP contribution in [0.4, 0.5) is 13.2 Å². The largest absolute Gasteiger partial charge is 0.433 e. The summed E-state index contributed by atoms with van der Waals surface area (Å²) in [7, 11) is 0. The summed E-state index contributed by atoms with van der Waals surface area (Å²) >= 11 is 0. The summed E-state index contributed by atoms with van der Waals surface area (Å²) in [6.07, 6.45) is -3.28. The number of nitrogens with zero attached hydrogens (tertiary/aromatic N) is 1. The number of alkyl halides is 3. The van der Waals surface area contributed by atoms with E-state index >= 15 is 0 Å². The second-order valence-electron chi connectivity index (χ2n) is 3.64. The SMILES string of the molecule is OC1CCCc2nc(C(F)(F)F)ccc21. The Morgan fingerprint density at radius 3 is 2.73 bits per heavy atom. The van der Waals surface area contributed by atoms with Gasteiger partial charge in [0.2, 0.25) is 0 Å². The van der Waals surface area contributed by atoms with Crippen molar-refractivity contribution in [3.63, 3.8) is 0 Å². The van der Waals surface area contributed by atoms with Crippen LogP contribution in [0.25, 0.3) is 0 Å². The number of fused-ring (bicyclic) bond motifs is 1. The van der Waals surface area contributed by atoms with E-state index in [-0.39, 0.29) is 0 Å². The van der Waals surface area contributed by atoms with Crippen molar-refractivity contribution in [3.05, 3.63) is 29.1 Å². The highest BCUT2D eigenvalue weighted by molar-refractivity contribution is 5.28. The van der Waals surface area contributed by atoms with E-state index in [0.29, 0.717) is 30.5 Å². The molecule has 0 amide bonds. The second-order valence-corrected chi connectivity index (χ2v) is 3.64. The van der Waals surface area contributed by atoms with E-state index in [4.69, 9.17) is 0 Å². The predicted molar refractivity (Wildman–Crippen MR) is 47.1 cm³/mol. The van der Waals surface area contributed by atoms with Gasteiger partial charge in [0.25, 0.3) is 0 Å². The number of halogens is 3. The molecule has 1 aromatic rings. The van der Waals surface area contributed by atoms with Crippen molar-refractivity contribution < 1.29 is 18.3 Å². The third kappa shape index (κ3) is 1.97. The third-order valence-corrected chi connectivity index (χ3v) is 2.55. The molecular weight excluding hydrogens is 207 g/mol. The molecule has 5 heteroatoms. The van der Waals surface area contributed by atoms with Gasteiger partial charge in [-0.1, -0.05) is 6.07 Å². The minimum absolute atomic E-state index is 0.378. The van der Waals surface area contributed by atoms with Gasteiger partial charge in [0, 0.05) is 11.3 Å². The van der Waals surface area contributed by atoms with Gasteiger partial charge in [-0.25, -0.2) is 4.98 Å². The normalized spacial score (nSPS) is 21.2. The van der Waals surface area contributed by atoms with Gasteiger partial charge in [-0.05, 0) is 25.3 Å². The van der Waals surface area contributed by atoms with Crippen LogP contribution in [0, 0.1) is 0 Å². The molecule has 82 valence electrons. The predicted octanol–water partition coefficient (Wildman–Crippen LogP) is 2.47. The number of pyridine rings is 1. The van der Waals surface area contributed by atoms with E-state index in [0.717, 1.165) is 6.07 Å². The van der Waals surface area contributed by atoms with Crippen LogP contribution in [0.15, 0.2) is 12.1 Å². The lowest BCUT2D eigenvalue weighted by Gasteiger charge is -2.21. The Labute approximate surface area is 84.8 Å². The summed E-state index contributed by atoms with van der Waals surface area (Å²) in [6, 6.07) is 2.25. The maximum absolute atomic E-state index is 12.3. The van der Waals surface area contributed by atoms with Crippen molar-refractivity contribution in [1.82, 2.24) is 4.98 Å². The molecule has 1 aliphatic carbocycles. The fourth-order valence-corrected chi connectivity index (χ4v) is 1.79. The van der Waals surface area contributed by atoms with Gasteiger partial charge < -0.3 is 5.11 Å². The number of aryl methyl sites for hydroxylation is 1. The zero-order valence-corrected chi connectivity index (χ0v) is 7.88. The summed E-state index contributed by atoms with van der Waals surface area (Å²) in [5.74, 6) is 0. The lowest BCUT2D eigenvalue weighted by Crippen LogP contribution is -2.15. The molecule has 0 saturated heterocycles. The van der Waals surface area contributed by atoms with Crippen LogP contribution >= 0.6 is 0 Å². The van der Waals surface area contributed by atoms with Crippen LogP contribution < -0.4 is 0 Å². The number of rotatable bonds is 0. The van der Waals surface area contributed by atoms with E-state index in [1.165, 1.54) is 6.07 Å². The molecule has 1 unspecified atom stereocenters. The molecule has 15 heavy (non-hydrogen) atoms. The molecule has 0 spiro atoms. The number of aromatic nitrogens is 1. The minimum Gasteiger partial charge on any atom is -0.388 e. The van der Waals surface area contributed by atoms with Crippen LogP contribution in [0.2, 0.25) is 0 Å². The fraction of sp³-hybridized carbons (Fsp3) is 0.500. The molecule has 2 nitrogen and oxygen atoms in total. The van der Waals surface area contributed by atoms with Crippen LogP contribution in [0.5, 0.6) is 0 Å². The molecule has 0 fully saturated rings. The molecule has 1 atom stereocenters. The van der Waals surface area contributed by atoms with Gasteiger partial charge in [0.05, 0.1) is 6.10 Å². The fourth-order valence-electron chi connectivity index (χ4n) is 1.79. The summed E-state index contributed by atoms with van der Waals surface area (Å²) < 4.78 is 37.0. The first-order chi connectivity index (χ1) is 6.98. The molecule has 0 bridgehead atoms. The molecule has 0 aromatic carbocycles. The maximum atomic E-state index is 12.3. The van der Waals surface area contributed by atoms with Crippen LogP contribution in [0.1, 0.15) is 35.9 Å². The second kappa shape index (κ2) is 3.48. The van der Waals surface area contributed by atoms with Crippen molar-refractivity contribution in [2.24, 2.45) is 0 Å². The van der Waals surface area contributed by atoms with Gasteiger partial charge in [-0.3, -0.25) is 0 Å². The molecule has 0 aliphatic heterocycles. The van der Waals surface area contributed by atoms with E-state index in [2.05, 4.69) is 4.98 Å². The van der Waals surface area contributed by atoms with E-state index in [9.17, 15) is 18.3 Å². The third-order valence-electron chi connectivity index (χ3n) is 2.55. The topological polar surface area (TPSA) is 33.1 Å². The smallest absolute Gasteiger partial charge is 0.388 e. The molecule has 1 N–H and O–H groups in total. The van der Waals surface area contributed by atoms with Crippen molar-refractivity contribution in [1.29, 1.82) is 0 Å². The standard InChI is InChI=1S/C10H10F3NO/c11-10(12,13)9-5-4-6-7(14-9)2-1-3-8(6)15/h4-5,8,15H,1-3H2.